The molecule has 0 radical (unpaired) electrons. The molecule has 1 rings (SSSR count). The first-order valence-electron chi connectivity index (χ1n) is 5.84. The molecule has 17 heavy (non-hydrogen) atoms. The van der Waals surface area contributed by atoms with E-state index in [2.05, 4.69) is 47.0 Å². The van der Waals surface area contributed by atoms with Crippen LogP contribution in [-0.4, -0.2) is 22.7 Å². The summed E-state index contributed by atoms with van der Waals surface area (Å²) in [5.74, 6) is 0.860. The lowest BCUT2D eigenvalue weighted by atomic mass is 9.85. The summed E-state index contributed by atoms with van der Waals surface area (Å²) in [6.45, 7) is 8.70. The Bertz CT molecular complexity index is 374. The Labute approximate surface area is 112 Å². The van der Waals surface area contributed by atoms with Gasteiger partial charge in [-0.15, -0.1) is 0 Å². The summed E-state index contributed by atoms with van der Waals surface area (Å²) in [5, 5.41) is 12.5. The van der Waals surface area contributed by atoms with E-state index in [9.17, 15) is 0 Å². The Balaban J connectivity index is 2.82. The van der Waals surface area contributed by atoms with Crippen LogP contribution in [0.4, 0.5) is 5.82 Å². The van der Waals surface area contributed by atoms with Crippen molar-refractivity contribution in [2.45, 2.75) is 40.2 Å². The van der Waals surface area contributed by atoms with Crippen molar-refractivity contribution in [3.63, 3.8) is 0 Å². The van der Waals surface area contributed by atoms with Crippen LogP contribution in [0.25, 0.3) is 0 Å². The van der Waals surface area contributed by atoms with Gasteiger partial charge in [-0.1, -0.05) is 20.8 Å². The number of anilines is 1. The average Bonchev–Trinajstić information content (AvgIpc) is 2.21. The Morgan fingerprint density at radius 2 is 2.12 bits per heavy atom. The molecule has 0 aromatic carbocycles. The van der Waals surface area contributed by atoms with Crippen LogP contribution in [-0.2, 0) is 0 Å². The summed E-state index contributed by atoms with van der Waals surface area (Å²) in [6, 6.07) is 2.22. The zero-order valence-electron chi connectivity index (χ0n) is 10.9. The monoisotopic (exact) mass is 300 g/mol. The van der Waals surface area contributed by atoms with Gasteiger partial charge in [0.2, 0.25) is 0 Å². The molecular weight excluding hydrogens is 280 g/mol. The van der Waals surface area contributed by atoms with E-state index < -0.39 is 0 Å². The highest BCUT2D eigenvalue weighted by molar-refractivity contribution is 9.10. The van der Waals surface area contributed by atoms with E-state index in [0.29, 0.717) is 0 Å². The highest BCUT2D eigenvalue weighted by atomic mass is 79.9. The molecular formula is C13H21BrN2O. The molecule has 96 valence electrons. The molecule has 0 bridgehead atoms. The first-order chi connectivity index (χ1) is 7.84. The molecule has 0 fully saturated rings. The highest BCUT2D eigenvalue weighted by Crippen LogP contribution is 2.26. The van der Waals surface area contributed by atoms with Crippen molar-refractivity contribution in [1.29, 1.82) is 0 Å². The van der Waals surface area contributed by atoms with Gasteiger partial charge in [-0.3, -0.25) is 0 Å². The number of nitrogens with zero attached hydrogens (tertiary/aromatic N) is 1. The van der Waals surface area contributed by atoms with Gasteiger partial charge in [-0.25, -0.2) is 4.98 Å². The predicted molar refractivity (Wildman–Crippen MR) is 75.2 cm³/mol. The van der Waals surface area contributed by atoms with Crippen LogP contribution in [0.3, 0.4) is 0 Å². The van der Waals surface area contributed by atoms with Crippen molar-refractivity contribution in [3.05, 3.63) is 22.3 Å². The SMILES string of the molecule is Cc1cc(NC(CCO)C(C)(C)C)ncc1Br. The fourth-order valence-electron chi connectivity index (χ4n) is 1.65. The Morgan fingerprint density at radius 3 is 2.59 bits per heavy atom. The topological polar surface area (TPSA) is 45.1 Å². The van der Waals surface area contributed by atoms with Gasteiger partial charge in [-0.05, 0) is 46.3 Å². The van der Waals surface area contributed by atoms with Gasteiger partial charge in [0.1, 0.15) is 5.82 Å². The van der Waals surface area contributed by atoms with Crippen molar-refractivity contribution in [3.8, 4) is 0 Å². The third-order valence-electron chi connectivity index (χ3n) is 2.83. The van der Waals surface area contributed by atoms with Crippen molar-refractivity contribution >= 4 is 21.7 Å². The van der Waals surface area contributed by atoms with Gasteiger partial charge >= 0.3 is 0 Å². The van der Waals surface area contributed by atoms with Crippen molar-refractivity contribution < 1.29 is 5.11 Å². The quantitative estimate of drug-likeness (QED) is 0.896. The van der Waals surface area contributed by atoms with Crippen LogP contribution in [0.5, 0.6) is 0 Å². The first kappa shape index (κ1) is 14.5. The number of aromatic nitrogens is 1. The van der Waals surface area contributed by atoms with E-state index in [1.807, 2.05) is 13.0 Å². The Kier molecular flexibility index (Phi) is 4.95. The maximum absolute atomic E-state index is 9.11. The predicted octanol–water partition coefficient (Wildman–Crippen LogP) is 3.36. The van der Waals surface area contributed by atoms with Crippen LogP contribution < -0.4 is 5.32 Å². The Hall–Kier alpha value is -0.610. The summed E-state index contributed by atoms with van der Waals surface area (Å²) in [6.07, 6.45) is 2.52. The summed E-state index contributed by atoms with van der Waals surface area (Å²) in [5.41, 5.74) is 1.24. The Morgan fingerprint density at radius 1 is 1.47 bits per heavy atom. The minimum Gasteiger partial charge on any atom is -0.396 e. The molecule has 2 N–H and O–H groups in total. The standard InChI is InChI=1S/C13H21BrN2O/c1-9-7-12(15-8-10(9)14)16-11(5-6-17)13(2,3)4/h7-8,11,17H,5-6H2,1-4H3,(H,15,16). The molecule has 0 saturated heterocycles. The molecule has 3 nitrogen and oxygen atoms in total. The van der Waals surface area contributed by atoms with Gasteiger partial charge in [0, 0.05) is 23.3 Å². The molecule has 1 aromatic rings. The lowest BCUT2D eigenvalue weighted by Crippen LogP contribution is -2.35. The van der Waals surface area contributed by atoms with Crippen molar-refractivity contribution in [2.75, 3.05) is 11.9 Å². The minimum absolute atomic E-state index is 0.0887. The molecule has 1 atom stereocenters. The third-order valence-corrected chi connectivity index (χ3v) is 3.66. The second kappa shape index (κ2) is 5.83. The van der Waals surface area contributed by atoms with Crippen molar-refractivity contribution in [2.24, 2.45) is 5.41 Å². The van der Waals surface area contributed by atoms with Crippen LogP contribution in [0.1, 0.15) is 32.8 Å². The molecule has 0 aliphatic heterocycles. The normalized spacial score (nSPS) is 13.5. The second-order valence-corrected chi connectivity index (χ2v) is 6.25. The van der Waals surface area contributed by atoms with E-state index >= 15 is 0 Å². The fourth-order valence-corrected chi connectivity index (χ4v) is 1.86. The van der Waals surface area contributed by atoms with E-state index in [1.54, 1.807) is 6.20 Å². The van der Waals surface area contributed by atoms with Gasteiger partial charge in [0.25, 0.3) is 0 Å². The lowest BCUT2D eigenvalue weighted by molar-refractivity contribution is 0.235. The largest absolute Gasteiger partial charge is 0.396 e. The van der Waals surface area contributed by atoms with Gasteiger partial charge in [0.05, 0.1) is 0 Å². The van der Waals surface area contributed by atoms with E-state index in [-0.39, 0.29) is 18.1 Å². The van der Waals surface area contributed by atoms with Crippen LogP contribution in [0.2, 0.25) is 0 Å². The zero-order valence-corrected chi connectivity index (χ0v) is 12.5. The summed E-state index contributed by atoms with van der Waals surface area (Å²) in [4.78, 5) is 4.34. The third kappa shape index (κ3) is 4.28. The molecule has 0 saturated carbocycles. The molecule has 1 unspecified atom stereocenters. The molecule has 1 heterocycles. The fraction of sp³-hybridized carbons (Fsp3) is 0.615. The molecule has 4 heteroatoms. The number of aryl methyl sites for hydroxylation is 1. The summed E-state index contributed by atoms with van der Waals surface area (Å²) < 4.78 is 1.01. The van der Waals surface area contributed by atoms with Crippen LogP contribution in [0.15, 0.2) is 16.7 Å². The van der Waals surface area contributed by atoms with Crippen molar-refractivity contribution in [1.82, 2.24) is 4.98 Å². The highest BCUT2D eigenvalue weighted by Gasteiger charge is 2.24. The van der Waals surface area contributed by atoms with Gasteiger partial charge < -0.3 is 10.4 Å². The smallest absolute Gasteiger partial charge is 0.126 e. The molecule has 0 aliphatic rings. The number of pyridine rings is 1. The van der Waals surface area contributed by atoms with E-state index in [1.165, 1.54) is 0 Å². The number of nitrogens with one attached hydrogen (secondary N) is 1. The number of hydrogen-bond donors (Lipinski definition) is 2. The average molecular weight is 301 g/mol. The summed E-state index contributed by atoms with van der Waals surface area (Å²) in [7, 11) is 0. The number of aliphatic hydroxyl groups is 1. The minimum atomic E-state index is 0.0887. The molecule has 0 aliphatic carbocycles. The van der Waals surface area contributed by atoms with E-state index in [0.717, 1.165) is 22.3 Å². The van der Waals surface area contributed by atoms with Crippen LogP contribution in [0, 0.1) is 12.3 Å². The summed E-state index contributed by atoms with van der Waals surface area (Å²) >= 11 is 3.44. The zero-order chi connectivity index (χ0) is 13.1. The van der Waals surface area contributed by atoms with Gasteiger partial charge in [0.15, 0.2) is 0 Å². The maximum Gasteiger partial charge on any atom is 0.126 e. The molecule has 0 spiro atoms. The first-order valence-corrected chi connectivity index (χ1v) is 6.63. The number of hydrogen-bond acceptors (Lipinski definition) is 3. The second-order valence-electron chi connectivity index (χ2n) is 5.39. The number of halogens is 1. The maximum atomic E-state index is 9.11. The molecule has 0 amide bonds. The van der Waals surface area contributed by atoms with E-state index in [4.69, 9.17) is 5.11 Å². The number of aliphatic hydroxyl groups excluding tert-OH is 1. The van der Waals surface area contributed by atoms with Gasteiger partial charge in [-0.2, -0.15) is 0 Å². The lowest BCUT2D eigenvalue weighted by Gasteiger charge is -2.31. The number of rotatable bonds is 4. The molecule has 1 aromatic heterocycles. The van der Waals surface area contributed by atoms with Crippen LogP contribution >= 0.6 is 15.9 Å².